The zero-order valence-electron chi connectivity index (χ0n) is 63.0. The van der Waals surface area contributed by atoms with E-state index in [0.29, 0.717) is 45.9 Å². The number of carbonyl (C=O) groups is 12. The molecule has 0 amide bonds. The first-order chi connectivity index (χ1) is 54.3. The summed E-state index contributed by atoms with van der Waals surface area (Å²) >= 11 is 3.11. The van der Waals surface area contributed by atoms with E-state index in [2.05, 4.69) is 57.3 Å². The Labute approximate surface area is 703 Å². The molecule has 6 fully saturated rings. The van der Waals surface area contributed by atoms with Crippen molar-refractivity contribution in [2.75, 3.05) is 72.0 Å². The minimum Gasteiger partial charge on any atom is -0.463 e. The molecule has 13 N–H and O–H groups in total. The number of thiazole rings is 1. The van der Waals surface area contributed by atoms with Gasteiger partial charge in [-0.15, -0.1) is 23.1 Å². The average Bonchev–Trinajstić information content (AvgIpc) is 1.69. The van der Waals surface area contributed by atoms with Gasteiger partial charge < -0.3 is 142 Å². The van der Waals surface area contributed by atoms with Crippen molar-refractivity contribution in [3.8, 4) is 0 Å². The Bertz CT molecular complexity index is 3460. The van der Waals surface area contributed by atoms with E-state index in [1.165, 1.54) is 11.3 Å². The monoisotopic (exact) mass is 1850 g/mol. The molecular formula is C67H93N2O43PrS3-. The number of methoxy groups -OCH3 is 2. The van der Waals surface area contributed by atoms with Crippen molar-refractivity contribution in [2.45, 2.75) is 135 Å². The van der Waals surface area contributed by atoms with Gasteiger partial charge in [0.15, 0.2) is 6.29 Å². The van der Waals surface area contributed by atoms with Crippen LogP contribution in [0, 0.1) is 72.7 Å². The Kier molecular flexibility index (Phi) is 62.7. The maximum Gasteiger partial charge on any atom is 0.506 e. The van der Waals surface area contributed by atoms with Crippen LogP contribution in [-0.4, -0.2) is 273 Å². The molecule has 2 aromatic carbocycles. The summed E-state index contributed by atoms with van der Waals surface area (Å²) in [7, 11) is -0.955. The number of fused-ring (bicyclic) bond motifs is 2. The second kappa shape index (κ2) is 66.1. The molecule has 0 saturated carbocycles. The normalized spacial score (nSPS) is 18.6. The minimum absolute atomic E-state index is 0. The van der Waals surface area contributed by atoms with Crippen LogP contribution in [0.5, 0.6) is 0 Å². The molecule has 6 saturated heterocycles. The van der Waals surface area contributed by atoms with Crippen molar-refractivity contribution in [1.82, 2.24) is 9.97 Å². The molecule has 4 aromatic rings. The van der Waals surface area contributed by atoms with Crippen molar-refractivity contribution in [3.63, 3.8) is 0 Å². The molecule has 1 radical (unpaired) electrons. The predicted octanol–water partition coefficient (Wildman–Crippen LogP) is 11.3. The third-order valence-corrected chi connectivity index (χ3v) is 17.4. The third kappa shape index (κ3) is 60.5. The van der Waals surface area contributed by atoms with Crippen LogP contribution in [0.4, 0.5) is 57.5 Å². The molecule has 10 rings (SSSR count). The van der Waals surface area contributed by atoms with Gasteiger partial charge in [0.1, 0.15) is 56.3 Å². The number of thioether (sulfide) groups is 1. The molecule has 9 atom stereocenters. The SMILES string of the molecule is CCC(CO)OC(=O)O.CCOC(=O)O.COC(=O)O.COC(=O)O.Cc1cccc(C)c1COC(=O)O.O=C(O)OC1CCOC1.O=C(O)OC1COC2OCCCC12.O=C(O)OC1COC2SCCC12.O=C(O)OC1[CH-]S(=O)(=O)CC1.O=C(O)OCc1ccccc1.O=C(O)OCc1cccnc1.O=C(O)OCc1cncs1.[Pr]. The molecule has 0 bridgehead atoms. The zero-order chi connectivity index (χ0) is 87.3. The number of benzene rings is 2. The van der Waals surface area contributed by atoms with E-state index in [-0.39, 0.29) is 135 Å². The summed E-state index contributed by atoms with van der Waals surface area (Å²) in [5.74, 6) is 2.33. The fourth-order valence-corrected chi connectivity index (χ4v) is 11.9. The topological polar surface area (TPSA) is 675 Å². The zero-order valence-corrected chi connectivity index (χ0v) is 69.2. The summed E-state index contributed by atoms with van der Waals surface area (Å²) in [6.07, 6.45) is -8.49. The molecule has 0 aliphatic carbocycles. The van der Waals surface area contributed by atoms with Crippen LogP contribution in [0.1, 0.15) is 85.1 Å². The number of sulfone groups is 1. The number of aromatic nitrogens is 2. The van der Waals surface area contributed by atoms with Gasteiger partial charge in [0.2, 0.25) is 0 Å². The second-order valence-corrected chi connectivity index (χ2v) is 26.2. The number of aryl methyl sites for hydroxylation is 2. The second-order valence-electron chi connectivity index (χ2n) is 22.0. The van der Waals surface area contributed by atoms with Gasteiger partial charge in [-0.2, -0.15) is 5.75 Å². The molecule has 0 spiro atoms. The van der Waals surface area contributed by atoms with E-state index in [4.69, 9.17) is 104 Å². The first-order valence-electron chi connectivity index (χ1n) is 33.2. The fourth-order valence-electron chi connectivity index (χ4n) is 8.69. The van der Waals surface area contributed by atoms with Gasteiger partial charge in [-0.3, -0.25) is 18.4 Å². The number of pyridine rings is 1. The average molecular weight is 1850 g/mol. The molecule has 6 aliphatic rings. The Morgan fingerprint density at radius 3 is 1.47 bits per heavy atom. The van der Waals surface area contributed by atoms with E-state index in [1.807, 2.05) is 62.4 Å². The van der Waals surface area contributed by atoms with Crippen LogP contribution in [0.2, 0.25) is 0 Å². The number of nitrogens with zero attached hydrogens (tertiary/aromatic N) is 2. The van der Waals surface area contributed by atoms with E-state index < -0.39 is 95.9 Å². The maximum atomic E-state index is 10.7. The van der Waals surface area contributed by atoms with E-state index in [9.17, 15) is 56.4 Å². The predicted molar refractivity (Wildman–Crippen MR) is 388 cm³/mol. The number of hydrogen-bond donors (Lipinski definition) is 13. The summed E-state index contributed by atoms with van der Waals surface area (Å²) in [6.45, 7) is 10.1. The van der Waals surface area contributed by atoms with E-state index in [1.54, 1.807) is 61.8 Å². The molecule has 651 valence electrons. The van der Waals surface area contributed by atoms with Crippen LogP contribution >= 0.6 is 23.1 Å². The van der Waals surface area contributed by atoms with Crippen LogP contribution < -0.4 is 0 Å². The minimum atomic E-state index is -3.15. The summed E-state index contributed by atoms with van der Waals surface area (Å²) in [6, 6.07) is 18.4. The number of carboxylic acid groups (broad SMARTS) is 12. The Morgan fingerprint density at radius 2 is 1.05 bits per heavy atom. The number of aliphatic hydroxyl groups is 1. The first-order valence-corrected chi connectivity index (χ1v) is 36.8. The molecule has 6 aliphatic heterocycles. The number of aliphatic hydroxyl groups excluding tert-OH is 1. The molecule has 49 heteroatoms. The van der Waals surface area contributed by atoms with Crippen LogP contribution in [0.3, 0.4) is 0 Å². The number of ether oxygens (including phenoxy) is 16. The van der Waals surface area contributed by atoms with Gasteiger partial charge >= 0.3 is 73.9 Å². The van der Waals surface area contributed by atoms with Gasteiger partial charge in [0.25, 0.3) is 0 Å². The van der Waals surface area contributed by atoms with Crippen molar-refractivity contribution in [2.24, 2.45) is 11.8 Å². The van der Waals surface area contributed by atoms with Gasteiger partial charge in [0, 0.05) is 106 Å². The summed E-state index contributed by atoms with van der Waals surface area (Å²) < 4.78 is 93.2. The molecule has 45 nitrogen and oxygen atoms in total. The summed E-state index contributed by atoms with van der Waals surface area (Å²) in [4.78, 5) is 126. The molecule has 8 heterocycles. The molecular weight excluding hydrogens is 1760 g/mol. The van der Waals surface area contributed by atoms with Crippen molar-refractivity contribution >= 4 is 107 Å². The van der Waals surface area contributed by atoms with Crippen LogP contribution in [-0.2, 0) is 112 Å². The standard InChI is InChI=1S/C10H12O3.C8H12O5.C8H8O3.C7H7NO3.C7H10O4S.C5H5NO3S.C5H7O5S.C5H8O4.C5H10O4.C3H6O3.2C2H4O3.Pr/c1-7-4-3-5-8(2)9(7)6-13-10(11)12;9-8(10)13-6-4-12-7-5(6)2-1-3-11-7;9-8(10)11-6-7-4-2-1-3-5-7;9-7(10)11-5-6-2-1-3-8-4-6;8-7(9)11-5-3-10-6-4(5)1-2-12-6;7-5(8)9-2-4-1-6-3-10-4;6-5(7)10-4-1-2-11(8,9)3-4;6-5(7)9-4-1-2-8-3-4;1-2-4(3-6)9-5(7)8;1-2-6-3(4)5;2*1-5-2(3)4;/h3-5H,6H2,1-2H3,(H,11,12);5-7H,1-4H2,(H,9,10);1-5H,6H2,(H,9,10);1-4H,5H2,(H,9,10);4-6H,1-3H2,(H,8,9);1,3H,2H2,(H,7,8);3-4H,1-2H2,(H,6,7);4H,1-3H2,(H,6,7);4,6H,2-3H2,1H3,(H,7,8);2H2,1H3,(H,4,5);2*1H3,(H,3,4);/q;;;;;;-1;;;;;;. The fraction of sp³-hybridized carbons (Fsp3) is 0.507. The molecule has 9 unspecified atom stereocenters. The summed E-state index contributed by atoms with van der Waals surface area (Å²) in [5.41, 5.74) is 6.46. The van der Waals surface area contributed by atoms with E-state index in [0.717, 1.165) is 77.7 Å². The van der Waals surface area contributed by atoms with E-state index >= 15 is 0 Å². The van der Waals surface area contributed by atoms with Gasteiger partial charge in [-0.25, -0.2) is 57.5 Å². The van der Waals surface area contributed by atoms with Gasteiger partial charge in [-0.1, -0.05) is 61.5 Å². The smallest absolute Gasteiger partial charge is 0.463 e. The maximum absolute atomic E-state index is 10.7. The number of rotatable bonds is 16. The Hall–Kier alpha value is -10.1. The van der Waals surface area contributed by atoms with Crippen LogP contribution in [0.25, 0.3) is 0 Å². The Balaban J connectivity index is -0.00000121. The molecule has 2 aromatic heterocycles. The van der Waals surface area contributed by atoms with Gasteiger partial charge in [-0.05, 0) is 93.1 Å². The Morgan fingerprint density at radius 1 is 0.534 bits per heavy atom. The van der Waals surface area contributed by atoms with Crippen molar-refractivity contribution < 1.29 is 249 Å². The van der Waals surface area contributed by atoms with Crippen molar-refractivity contribution in [3.05, 3.63) is 123 Å². The quantitative estimate of drug-likeness (QED) is 0.0281. The number of hydrogen-bond acceptors (Lipinski definition) is 35. The van der Waals surface area contributed by atoms with Gasteiger partial charge in [0.05, 0.1) is 64.2 Å². The molecule has 116 heavy (non-hydrogen) atoms. The summed E-state index contributed by atoms with van der Waals surface area (Å²) in [5, 5.41) is 105. The first kappa shape index (κ1) is 110. The third-order valence-electron chi connectivity index (χ3n) is 13.8. The van der Waals surface area contributed by atoms with Crippen molar-refractivity contribution in [1.29, 1.82) is 0 Å². The largest absolute Gasteiger partial charge is 0.506 e. The van der Waals surface area contributed by atoms with Crippen LogP contribution in [0.15, 0.2) is 84.8 Å².